The van der Waals surface area contributed by atoms with Crippen LogP contribution < -0.4 is 5.32 Å². The lowest BCUT2D eigenvalue weighted by Crippen LogP contribution is -2.22. The van der Waals surface area contributed by atoms with Gasteiger partial charge in [0.25, 0.3) is 0 Å². The van der Waals surface area contributed by atoms with Crippen LogP contribution in [0.1, 0.15) is 12.5 Å². The molecule has 1 saturated carbocycles. The molecule has 2 unspecified atom stereocenters. The number of fused-ring (bicyclic) bond motifs is 1. The van der Waals surface area contributed by atoms with Crippen molar-refractivity contribution < 1.29 is 0 Å². The molecule has 2 heterocycles. The summed E-state index contributed by atoms with van der Waals surface area (Å²) in [4.78, 5) is 4.20. The van der Waals surface area contributed by atoms with Crippen LogP contribution in [0.2, 0.25) is 0 Å². The number of hydrogen-bond donors (Lipinski definition) is 1. The van der Waals surface area contributed by atoms with E-state index >= 15 is 0 Å². The number of pyridine rings is 1. The number of rotatable bonds is 1. The van der Waals surface area contributed by atoms with E-state index in [1.807, 2.05) is 18.5 Å². The molecule has 2 atom stereocenters. The monoisotopic (exact) mass is 174 g/mol. The zero-order valence-corrected chi connectivity index (χ0v) is 7.83. The average Bonchev–Trinajstić information content (AvgIpc) is 2.62. The van der Waals surface area contributed by atoms with E-state index in [-0.39, 0.29) is 0 Å². The summed E-state index contributed by atoms with van der Waals surface area (Å²) < 4.78 is 0. The smallest absolute Gasteiger partial charge is 0.0305 e. The maximum atomic E-state index is 4.20. The summed E-state index contributed by atoms with van der Waals surface area (Å²) >= 11 is 0. The van der Waals surface area contributed by atoms with Gasteiger partial charge in [-0.05, 0) is 36.6 Å². The first kappa shape index (κ1) is 7.51. The Balaban J connectivity index is 1.95. The van der Waals surface area contributed by atoms with Crippen LogP contribution in [0.4, 0.5) is 0 Å². The first-order valence-electron chi connectivity index (χ1n) is 4.94. The predicted octanol–water partition coefficient (Wildman–Crippen LogP) is 1.19. The van der Waals surface area contributed by atoms with E-state index in [1.54, 1.807) is 0 Å². The first-order chi connectivity index (χ1) is 6.33. The van der Waals surface area contributed by atoms with Gasteiger partial charge in [-0.2, -0.15) is 0 Å². The van der Waals surface area contributed by atoms with Crippen LogP contribution in [-0.4, -0.2) is 18.1 Å². The maximum absolute atomic E-state index is 4.20. The molecule has 0 spiro atoms. The summed E-state index contributed by atoms with van der Waals surface area (Å²) in [6.45, 7) is 4.76. The highest BCUT2D eigenvalue weighted by Gasteiger charge is 2.63. The van der Waals surface area contributed by atoms with Crippen molar-refractivity contribution in [2.45, 2.75) is 12.3 Å². The Bertz CT molecular complexity index is 310. The molecule has 2 nitrogen and oxygen atoms in total. The van der Waals surface area contributed by atoms with E-state index in [1.165, 1.54) is 18.7 Å². The normalized spacial score (nSPS) is 41.6. The highest BCUT2D eigenvalue weighted by atomic mass is 15.0. The van der Waals surface area contributed by atoms with Gasteiger partial charge in [-0.15, -0.1) is 0 Å². The Kier molecular flexibility index (Phi) is 1.34. The molecule has 0 amide bonds. The minimum Gasteiger partial charge on any atom is -0.316 e. The first-order valence-corrected chi connectivity index (χ1v) is 4.94. The Morgan fingerprint density at radius 2 is 2.23 bits per heavy atom. The fourth-order valence-corrected chi connectivity index (χ4v) is 2.91. The summed E-state index contributed by atoms with van der Waals surface area (Å²) in [7, 11) is 0. The molecule has 13 heavy (non-hydrogen) atoms. The topological polar surface area (TPSA) is 24.9 Å². The highest BCUT2D eigenvalue weighted by Crippen LogP contribution is 2.61. The molecule has 68 valence electrons. The van der Waals surface area contributed by atoms with Gasteiger partial charge in [-0.3, -0.25) is 4.98 Å². The van der Waals surface area contributed by atoms with E-state index in [9.17, 15) is 0 Å². The van der Waals surface area contributed by atoms with Crippen LogP contribution in [0, 0.1) is 11.8 Å². The highest BCUT2D eigenvalue weighted by molar-refractivity contribution is 5.35. The van der Waals surface area contributed by atoms with Gasteiger partial charge in [0.1, 0.15) is 0 Å². The molecule has 0 radical (unpaired) electrons. The zero-order chi connectivity index (χ0) is 8.89. The van der Waals surface area contributed by atoms with Crippen LogP contribution in [-0.2, 0) is 5.41 Å². The quantitative estimate of drug-likeness (QED) is 0.691. The lowest BCUT2D eigenvalue weighted by molar-refractivity contribution is 0.557. The molecule has 2 fully saturated rings. The fourth-order valence-electron chi connectivity index (χ4n) is 2.91. The van der Waals surface area contributed by atoms with Crippen molar-refractivity contribution in [1.29, 1.82) is 0 Å². The standard InChI is InChI=1S/C11H14N2/c1-11(8-3-2-4-12-5-8)9-6-13-7-10(9)11/h2-5,9-10,13H,6-7H2,1H3. The molecule has 0 bridgehead atoms. The second-order valence-corrected chi connectivity index (χ2v) is 4.40. The van der Waals surface area contributed by atoms with E-state index < -0.39 is 0 Å². The summed E-state index contributed by atoms with van der Waals surface area (Å²) in [6, 6.07) is 4.26. The second-order valence-electron chi connectivity index (χ2n) is 4.40. The molecule has 2 aliphatic rings. The van der Waals surface area contributed by atoms with Gasteiger partial charge in [0.05, 0.1) is 0 Å². The molecule has 2 heteroatoms. The van der Waals surface area contributed by atoms with Gasteiger partial charge < -0.3 is 5.32 Å². The van der Waals surface area contributed by atoms with E-state index in [4.69, 9.17) is 0 Å². The van der Waals surface area contributed by atoms with E-state index in [2.05, 4.69) is 23.3 Å². The lowest BCUT2D eigenvalue weighted by Gasteiger charge is -2.15. The summed E-state index contributed by atoms with van der Waals surface area (Å²) in [6.07, 6.45) is 3.88. The van der Waals surface area contributed by atoms with Crippen LogP contribution in [0.25, 0.3) is 0 Å². The number of aromatic nitrogens is 1. The van der Waals surface area contributed by atoms with Gasteiger partial charge in [0.15, 0.2) is 0 Å². The molecule has 3 rings (SSSR count). The SMILES string of the molecule is CC1(c2cccnc2)C2CNCC21. The number of piperidine rings is 1. The minimum absolute atomic E-state index is 0.430. The lowest BCUT2D eigenvalue weighted by atomic mass is 9.94. The zero-order valence-electron chi connectivity index (χ0n) is 7.83. The van der Waals surface area contributed by atoms with Crippen LogP contribution in [0.5, 0.6) is 0 Å². The molecule has 1 aromatic heterocycles. The van der Waals surface area contributed by atoms with Gasteiger partial charge >= 0.3 is 0 Å². The van der Waals surface area contributed by atoms with Crippen LogP contribution >= 0.6 is 0 Å². The predicted molar refractivity (Wildman–Crippen MR) is 51.4 cm³/mol. The molecule has 1 N–H and O–H groups in total. The molecule has 0 aromatic carbocycles. The van der Waals surface area contributed by atoms with Crippen molar-refractivity contribution in [3.8, 4) is 0 Å². The van der Waals surface area contributed by atoms with Crippen molar-refractivity contribution in [1.82, 2.24) is 10.3 Å². The molecular formula is C11H14N2. The molecule has 1 aromatic rings. The van der Waals surface area contributed by atoms with Gasteiger partial charge in [0, 0.05) is 17.8 Å². The summed E-state index contributed by atoms with van der Waals surface area (Å²) in [5.74, 6) is 1.72. The van der Waals surface area contributed by atoms with Crippen molar-refractivity contribution >= 4 is 0 Å². The Morgan fingerprint density at radius 1 is 1.46 bits per heavy atom. The third kappa shape index (κ3) is 0.841. The molecule has 1 aliphatic heterocycles. The summed E-state index contributed by atoms with van der Waals surface area (Å²) in [5.41, 5.74) is 1.85. The third-order valence-corrected chi connectivity index (χ3v) is 3.93. The van der Waals surface area contributed by atoms with Gasteiger partial charge in [0.2, 0.25) is 0 Å². The largest absolute Gasteiger partial charge is 0.316 e. The maximum Gasteiger partial charge on any atom is 0.0305 e. The van der Waals surface area contributed by atoms with Crippen LogP contribution in [0.15, 0.2) is 24.5 Å². The fraction of sp³-hybridized carbons (Fsp3) is 0.545. The van der Waals surface area contributed by atoms with E-state index in [0.29, 0.717) is 5.41 Å². The number of hydrogen-bond acceptors (Lipinski definition) is 2. The average molecular weight is 174 g/mol. The van der Waals surface area contributed by atoms with Crippen molar-refractivity contribution in [2.75, 3.05) is 13.1 Å². The molecule has 1 aliphatic carbocycles. The molecular weight excluding hydrogens is 160 g/mol. The minimum atomic E-state index is 0.430. The number of nitrogens with one attached hydrogen (secondary N) is 1. The van der Waals surface area contributed by atoms with Gasteiger partial charge in [-0.1, -0.05) is 13.0 Å². The molecule has 1 saturated heterocycles. The van der Waals surface area contributed by atoms with E-state index in [0.717, 1.165) is 11.8 Å². The van der Waals surface area contributed by atoms with Crippen molar-refractivity contribution in [3.05, 3.63) is 30.1 Å². The van der Waals surface area contributed by atoms with Crippen molar-refractivity contribution in [2.24, 2.45) is 11.8 Å². The summed E-state index contributed by atoms with van der Waals surface area (Å²) in [5, 5.41) is 3.43. The number of nitrogens with zero attached hydrogens (tertiary/aromatic N) is 1. The van der Waals surface area contributed by atoms with Gasteiger partial charge in [-0.25, -0.2) is 0 Å². The van der Waals surface area contributed by atoms with Crippen LogP contribution in [0.3, 0.4) is 0 Å². The second kappa shape index (κ2) is 2.32. The Hall–Kier alpha value is -0.890. The Morgan fingerprint density at radius 3 is 2.85 bits per heavy atom. The van der Waals surface area contributed by atoms with Crippen molar-refractivity contribution in [3.63, 3.8) is 0 Å². The Labute approximate surface area is 78.4 Å². The third-order valence-electron chi connectivity index (χ3n) is 3.93.